The molecule has 13 heavy (non-hydrogen) atoms. The van der Waals surface area contributed by atoms with Gasteiger partial charge in [-0.15, -0.1) is 0 Å². The van der Waals surface area contributed by atoms with E-state index in [1.165, 1.54) is 0 Å². The highest BCUT2D eigenvalue weighted by Gasteiger charge is 1.93. The molecule has 0 spiro atoms. The molecule has 0 saturated carbocycles. The minimum absolute atomic E-state index is 0.0730. The number of unbranched alkanes of at least 4 members (excludes halogenated alkanes) is 3. The van der Waals surface area contributed by atoms with Gasteiger partial charge in [0.05, 0.1) is 6.61 Å². The first-order valence-corrected chi connectivity index (χ1v) is 4.91. The number of aromatic nitrogens is 1. The standard InChI is InChI=1S/C11H16NO/c13-10-6-2-1-3-7-11-8-4-5-9-12-11/h4-5,8-9H,1-3,6-7,10H2. The van der Waals surface area contributed by atoms with Gasteiger partial charge in [-0.3, -0.25) is 4.98 Å². The van der Waals surface area contributed by atoms with Crippen molar-refractivity contribution >= 4 is 0 Å². The number of nitrogens with zero attached hydrogens (tertiary/aromatic N) is 1. The third-order valence-corrected chi connectivity index (χ3v) is 2.05. The predicted molar refractivity (Wildman–Crippen MR) is 52.0 cm³/mol. The Morgan fingerprint density at radius 3 is 2.62 bits per heavy atom. The van der Waals surface area contributed by atoms with E-state index in [1.54, 1.807) is 0 Å². The van der Waals surface area contributed by atoms with Crippen LogP contribution in [0.4, 0.5) is 0 Å². The molecule has 1 aromatic rings. The van der Waals surface area contributed by atoms with Crippen molar-refractivity contribution in [3.05, 3.63) is 30.1 Å². The normalized spacial score (nSPS) is 10.2. The summed E-state index contributed by atoms with van der Waals surface area (Å²) in [7, 11) is 0. The maximum absolute atomic E-state index is 10.2. The maximum Gasteiger partial charge on any atom is 0.0822 e. The summed E-state index contributed by atoms with van der Waals surface area (Å²) in [6, 6.07) is 5.99. The van der Waals surface area contributed by atoms with E-state index in [9.17, 15) is 5.11 Å². The summed E-state index contributed by atoms with van der Waals surface area (Å²) in [6.07, 6.45) is 7.06. The first kappa shape index (κ1) is 10.2. The van der Waals surface area contributed by atoms with Crippen molar-refractivity contribution in [3.8, 4) is 0 Å². The molecule has 0 aliphatic carbocycles. The number of rotatable bonds is 6. The summed E-state index contributed by atoms with van der Waals surface area (Å²) in [6.45, 7) is 0.0730. The predicted octanol–water partition coefficient (Wildman–Crippen LogP) is 2.62. The molecule has 0 bridgehead atoms. The van der Waals surface area contributed by atoms with E-state index in [1.807, 2.05) is 24.4 Å². The van der Waals surface area contributed by atoms with Crippen molar-refractivity contribution in [1.82, 2.24) is 4.98 Å². The highest BCUT2D eigenvalue weighted by atomic mass is 16.2. The molecule has 2 nitrogen and oxygen atoms in total. The Morgan fingerprint density at radius 2 is 1.92 bits per heavy atom. The molecular formula is C11H16NO. The Kier molecular flexibility index (Phi) is 5.18. The topological polar surface area (TPSA) is 32.8 Å². The SMILES string of the molecule is [O]CCCCCCc1ccccn1. The molecule has 0 atom stereocenters. The Morgan fingerprint density at radius 1 is 1.08 bits per heavy atom. The third kappa shape index (κ3) is 4.63. The van der Waals surface area contributed by atoms with Gasteiger partial charge in [0.15, 0.2) is 0 Å². The summed E-state index contributed by atoms with van der Waals surface area (Å²) in [5, 5.41) is 10.2. The second-order valence-electron chi connectivity index (χ2n) is 3.19. The van der Waals surface area contributed by atoms with Crippen LogP contribution in [0, 0.1) is 0 Å². The van der Waals surface area contributed by atoms with Crippen LogP contribution in [0.3, 0.4) is 0 Å². The van der Waals surface area contributed by atoms with Crippen LogP contribution in [0.25, 0.3) is 0 Å². The van der Waals surface area contributed by atoms with Crippen LogP contribution in [0.2, 0.25) is 0 Å². The fraction of sp³-hybridized carbons (Fsp3) is 0.545. The molecule has 1 aromatic heterocycles. The lowest BCUT2D eigenvalue weighted by atomic mass is 10.1. The molecule has 0 fully saturated rings. The second kappa shape index (κ2) is 6.61. The van der Waals surface area contributed by atoms with Crippen LogP contribution in [0.1, 0.15) is 31.4 Å². The zero-order chi connectivity index (χ0) is 9.36. The molecule has 0 amide bonds. The van der Waals surface area contributed by atoms with E-state index < -0.39 is 0 Å². The highest BCUT2D eigenvalue weighted by molar-refractivity contribution is 5.03. The van der Waals surface area contributed by atoms with Crippen LogP contribution >= 0.6 is 0 Å². The van der Waals surface area contributed by atoms with Gasteiger partial charge in [-0.05, 0) is 31.4 Å². The van der Waals surface area contributed by atoms with Gasteiger partial charge in [0.25, 0.3) is 0 Å². The molecule has 0 aliphatic heterocycles. The lowest BCUT2D eigenvalue weighted by Gasteiger charge is -1.99. The van der Waals surface area contributed by atoms with E-state index in [2.05, 4.69) is 4.98 Å². The molecule has 0 aromatic carbocycles. The Labute approximate surface area is 79.6 Å². The fourth-order valence-corrected chi connectivity index (χ4v) is 1.31. The van der Waals surface area contributed by atoms with Gasteiger partial charge in [-0.1, -0.05) is 18.9 Å². The molecule has 1 radical (unpaired) electrons. The van der Waals surface area contributed by atoms with Gasteiger partial charge < -0.3 is 0 Å². The van der Waals surface area contributed by atoms with Gasteiger partial charge in [-0.2, -0.15) is 0 Å². The minimum Gasteiger partial charge on any atom is -0.261 e. The molecule has 1 rings (SSSR count). The van der Waals surface area contributed by atoms with Crippen LogP contribution in [0.5, 0.6) is 0 Å². The second-order valence-corrected chi connectivity index (χ2v) is 3.19. The van der Waals surface area contributed by atoms with E-state index >= 15 is 0 Å². The summed E-state index contributed by atoms with van der Waals surface area (Å²) in [5.41, 5.74) is 1.16. The third-order valence-electron chi connectivity index (χ3n) is 2.05. The van der Waals surface area contributed by atoms with Crippen LogP contribution in [-0.2, 0) is 11.5 Å². The molecule has 1 heterocycles. The molecule has 0 aliphatic rings. The van der Waals surface area contributed by atoms with Crippen molar-refractivity contribution in [1.29, 1.82) is 0 Å². The van der Waals surface area contributed by atoms with Gasteiger partial charge in [0.1, 0.15) is 0 Å². The smallest absolute Gasteiger partial charge is 0.0822 e. The monoisotopic (exact) mass is 178 g/mol. The first-order valence-electron chi connectivity index (χ1n) is 4.91. The Hall–Kier alpha value is -0.890. The molecule has 2 heteroatoms. The lowest BCUT2D eigenvalue weighted by molar-refractivity contribution is 0.186. The zero-order valence-corrected chi connectivity index (χ0v) is 7.91. The number of pyridine rings is 1. The van der Waals surface area contributed by atoms with Crippen LogP contribution in [-0.4, -0.2) is 11.6 Å². The summed E-state index contributed by atoms with van der Waals surface area (Å²) in [5.74, 6) is 0. The van der Waals surface area contributed by atoms with Crippen molar-refractivity contribution in [2.24, 2.45) is 0 Å². The Balaban J connectivity index is 2.07. The summed E-state index contributed by atoms with van der Waals surface area (Å²) < 4.78 is 0. The van der Waals surface area contributed by atoms with Gasteiger partial charge in [0, 0.05) is 11.9 Å². The largest absolute Gasteiger partial charge is 0.261 e. The molecule has 0 saturated heterocycles. The van der Waals surface area contributed by atoms with E-state index in [-0.39, 0.29) is 6.61 Å². The minimum atomic E-state index is 0.0730. The number of hydrogen-bond acceptors (Lipinski definition) is 1. The van der Waals surface area contributed by atoms with Gasteiger partial charge in [0.2, 0.25) is 0 Å². The highest BCUT2D eigenvalue weighted by Crippen LogP contribution is 2.04. The van der Waals surface area contributed by atoms with Gasteiger partial charge >= 0.3 is 0 Å². The average molecular weight is 178 g/mol. The van der Waals surface area contributed by atoms with Gasteiger partial charge in [-0.25, -0.2) is 5.11 Å². The van der Waals surface area contributed by atoms with E-state index in [4.69, 9.17) is 0 Å². The summed E-state index contributed by atoms with van der Waals surface area (Å²) >= 11 is 0. The van der Waals surface area contributed by atoms with Crippen molar-refractivity contribution in [2.75, 3.05) is 6.61 Å². The van der Waals surface area contributed by atoms with E-state index in [0.29, 0.717) is 0 Å². The molecule has 71 valence electrons. The maximum atomic E-state index is 10.2. The van der Waals surface area contributed by atoms with Crippen LogP contribution in [0.15, 0.2) is 24.4 Å². The average Bonchev–Trinajstić information content (AvgIpc) is 2.19. The summed E-state index contributed by atoms with van der Waals surface area (Å²) in [4.78, 5) is 4.23. The Bertz CT molecular complexity index is 211. The molecule has 0 N–H and O–H groups in total. The van der Waals surface area contributed by atoms with Crippen molar-refractivity contribution in [3.63, 3.8) is 0 Å². The van der Waals surface area contributed by atoms with E-state index in [0.717, 1.165) is 37.8 Å². The quantitative estimate of drug-likeness (QED) is 0.616. The number of aryl methyl sites for hydroxylation is 1. The number of hydrogen-bond donors (Lipinski definition) is 0. The molecular weight excluding hydrogens is 162 g/mol. The van der Waals surface area contributed by atoms with Crippen LogP contribution < -0.4 is 0 Å². The zero-order valence-electron chi connectivity index (χ0n) is 7.91. The first-order chi connectivity index (χ1) is 6.43. The fourth-order valence-electron chi connectivity index (χ4n) is 1.31. The van der Waals surface area contributed by atoms with Crippen molar-refractivity contribution in [2.45, 2.75) is 32.1 Å². The molecule has 0 unspecified atom stereocenters. The lowest BCUT2D eigenvalue weighted by Crippen LogP contribution is -1.89. The van der Waals surface area contributed by atoms with Crippen molar-refractivity contribution < 1.29 is 5.11 Å².